The summed E-state index contributed by atoms with van der Waals surface area (Å²) in [5.41, 5.74) is 0.489. The lowest BCUT2D eigenvalue weighted by molar-refractivity contribution is 0.185. The van der Waals surface area contributed by atoms with Crippen molar-refractivity contribution in [2.45, 2.75) is 73.1 Å². The maximum absolute atomic E-state index is 3.60. The van der Waals surface area contributed by atoms with Crippen LogP contribution >= 0.6 is 0 Å². The second kappa shape index (κ2) is 9.04. The third-order valence-electron chi connectivity index (χ3n) is 3.95. The molecular weight excluding hydrogens is 194 g/mol. The topological polar surface area (TPSA) is 12.0 Å². The van der Waals surface area contributed by atoms with E-state index in [1.54, 1.807) is 0 Å². The fraction of sp³-hybridized carbons (Fsp3) is 1.00. The molecule has 0 fully saturated rings. The minimum Gasteiger partial charge on any atom is -0.316 e. The summed E-state index contributed by atoms with van der Waals surface area (Å²) in [6, 6.07) is 0. The highest BCUT2D eigenvalue weighted by molar-refractivity contribution is 4.80. The Hall–Kier alpha value is -0.0400. The Labute approximate surface area is 103 Å². The van der Waals surface area contributed by atoms with E-state index in [9.17, 15) is 0 Å². The summed E-state index contributed by atoms with van der Waals surface area (Å²) in [5.74, 6) is 0.776. The average molecular weight is 227 g/mol. The summed E-state index contributed by atoms with van der Waals surface area (Å²) >= 11 is 0. The maximum Gasteiger partial charge on any atom is 0.000761 e. The summed E-state index contributed by atoms with van der Waals surface area (Å²) in [4.78, 5) is 0. The van der Waals surface area contributed by atoms with Crippen LogP contribution in [0.5, 0.6) is 0 Å². The first-order chi connectivity index (χ1) is 7.56. The first-order valence-electron chi connectivity index (χ1n) is 7.27. The lowest BCUT2D eigenvalue weighted by Gasteiger charge is -2.34. The van der Waals surface area contributed by atoms with E-state index in [0.717, 1.165) is 12.5 Å². The first kappa shape index (κ1) is 16.0. The van der Waals surface area contributed by atoms with Crippen molar-refractivity contribution in [3.8, 4) is 0 Å². The van der Waals surface area contributed by atoms with E-state index in [-0.39, 0.29) is 0 Å². The van der Waals surface area contributed by atoms with Crippen molar-refractivity contribution in [1.29, 1.82) is 0 Å². The summed E-state index contributed by atoms with van der Waals surface area (Å²) in [6.07, 6.45) is 8.16. The van der Waals surface area contributed by atoms with Gasteiger partial charge in [-0.25, -0.2) is 0 Å². The second-order valence-corrected chi connectivity index (χ2v) is 5.80. The molecule has 0 bridgehead atoms. The van der Waals surface area contributed by atoms with Crippen LogP contribution in [-0.4, -0.2) is 13.1 Å². The monoisotopic (exact) mass is 227 g/mol. The van der Waals surface area contributed by atoms with Crippen molar-refractivity contribution in [2.24, 2.45) is 11.3 Å². The maximum atomic E-state index is 3.60. The van der Waals surface area contributed by atoms with Crippen LogP contribution in [0.1, 0.15) is 73.1 Å². The van der Waals surface area contributed by atoms with Crippen LogP contribution in [0.3, 0.4) is 0 Å². The summed E-state index contributed by atoms with van der Waals surface area (Å²) in [5, 5.41) is 3.60. The highest BCUT2D eigenvalue weighted by atomic mass is 14.9. The van der Waals surface area contributed by atoms with Gasteiger partial charge in [0.15, 0.2) is 0 Å². The standard InChI is InChI=1S/C15H33N/c1-6-8-9-10-11-15(5,14(3)4)13-16-12-7-2/h14,16H,6-13H2,1-5H3. The molecule has 0 spiro atoms. The van der Waals surface area contributed by atoms with E-state index in [1.807, 2.05) is 0 Å². The van der Waals surface area contributed by atoms with Crippen molar-refractivity contribution in [2.75, 3.05) is 13.1 Å². The van der Waals surface area contributed by atoms with Crippen LogP contribution in [0.4, 0.5) is 0 Å². The molecule has 1 N–H and O–H groups in total. The van der Waals surface area contributed by atoms with Crippen LogP contribution in [0, 0.1) is 11.3 Å². The lowest BCUT2D eigenvalue weighted by Crippen LogP contribution is -2.36. The minimum atomic E-state index is 0.489. The predicted molar refractivity (Wildman–Crippen MR) is 74.9 cm³/mol. The van der Waals surface area contributed by atoms with E-state index >= 15 is 0 Å². The molecule has 1 heteroatoms. The molecule has 16 heavy (non-hydrogen) atoms. The molecule has 0 aromatic heterocycles. The SMILES string of the molecule is CCCCCCC(C)(CNCCC)C(C)C. The summed E-state index contributed by atoms with van der Waals surface area (Å²) in [6.45, 7) is 14.1. The molecule has 0 aliphatic carbocycles. The van der Waals surface area contributed by atoms with Gasteiger partial charge >= 0.3 is 0 Å². The molecule has 1 nitrogen and oxygen atoms in total. The lowest BCUT2D eigenvalue weighted by atomic mass is 9.75. The van der Waals surface area contributed by atoms with Crippen molar-refractivity contribution in [3.63, 3.8) is 0 Å². The molecule has 0 saturated heterocycles. The normalized spacial score (nSPS) is 15.4. The van der Waals surface area contributed by atoms with Gasteiger partial charge < -0.3 is 5.32 Å². The largest absolute Gasteiger partial charge is 0.316 e. The highest BCUT2D eigenvalue weighted by Gasteiger charge is 2.26. The zero-order chi connectivity index (χ0) is 12.4. The molecule has 0 aromatic carbocycles. The number of rotatable bonds is 10. The minimum absolute atomic E-state index is 0.489. The fourth-order valence-corrected chi connectivity index (χ4v) is 2.09. The predicted octanol–water partition coefficient (Wildman–Crippen LogP) is 4.62. The zero-order valence-electron chi connectivity index (χ0n) is 12.2. The number of hydrogen-bond acceptors (Lipinski definition) is 1. The van der Waals surface area contributed by atoms with Gasteiger partial charge in [-0.3, -0.25) is 0 Å². The van der Waals surface area contributed by atoms with Gasteiger partial charge in [-0.05, 0) is 30.7 Å². The Morgan fingerprint density at radius 2 is 1.69 bits per heavy atom. The molecular formula is C15H33N. The third-order valence-corrected chi connectivity index (χ3v) is 3.95. The summed E-state index contributed by atoms with van der Waals surface area (Å²) < 4.78 is 0. The Kier molecular flexibility index (Phi) is 9.02. The van der Waals surface area contributed by atoms with Gasteiger partial charge in [0, 0.05) is 6.54 Å². The van der Waals surface area contributed by atoms with Crippen LogP contribution < -0.4 is 5.32 Å². The number of nitrogens with one attached hydrogen (secondary N) is 1. The molecule has 98 valence electrons. The molecule has 0 amide bonds. The average Bonchev–Trinajstić information content (AvgIpc) is 2.25. The second-order valence-electron chi connectivity index (χ2n) is 5.80. The molecule has 0 aliphatic heterocycles. The number of hydrogen-bond donors (Lipinski definition) is 1. The Balaban J connectivity index is 3.91. The van der Waals surface area contributed by atoms with Gasteiger partial charge in [-0.2, -0.15) is 0 Å². The molecule has 0 rings (SSSR count). The summed E-state index contributed by atoms with van der Waals surface area (Å²) in [7, 11) is 0. The van der Waals surface area contributed by atoms with Crippen molar-refractivity contribution in [3.05, 3.63) is 0 Å². The van der Waals surface area contributed by atoms with E-state index in [1.165, 1.54) is 45.1 Å². The third kappa shape index (κ3) is 6.52. The molecule has 0 heterocycles. The number of unbranched alkanes of at least 4 members (excludes halogenated alkanes) is 3. The molecule has 0 saturated carbocycles. The Morgan fingerprint density at radius 1 is 1.00 bits per heavy atom. The van der Waals surface area contributed by atoms with E-state index in [4.69, 9.17) is 0 Å². The van der Waals surface area contributed by atoms with Crippen molar-refractivity contribution in [1.82, 2.24) is 5.32 Å². The van der Waals surface area contributed by atoms with Crippen molar-refractivity contribution < 1.29 is 0 Å². The van der Waals surface area contributed by atoms with Crippen LogP contribution in [0.15, 0.2) is 0 Å². The van der Waals surface area contributed by atoms with Crippen LogP contribution in [0.2, 0.25) is 0 Å². The quantitative estimate of drug-likeness (QED) is 0.537. The molecule has 0 radical (unpaired) electrons. The van der Waals surface area contributed by atoms with Crippen molar-refractivity contribution >= 4 is 0 Å². The van der Waals surface area contributed by atoms with Gasteiger partial charge in [-0.15, -0.1) is 0 Å². The van der Waals surface area contributed by atoms with Crippen LogP contribution in [0.25, 0.3) is 0 Å². The molecule has 1 atom stereocenters. The Morgan fingerprint density at radius 3 is 2.19 bits per heavy atom. The van der Waals surface area contributed by atoms with Gasteiger partial charge in [-0.1, -0.05) is 60.3 Å². The van der Waals surface area contributed by atoms with Gasteiger partial charge in [0.25, 0.3) is 0 Å². The van der Waals surface area contributed by atoms with Gasteiger partial charge in [0.1, 0.15) is 0 Å². The highest BCUT2D eigenvalue weighted by Crippen LogP contribution is 2.32. The first-order valence-corrected chi connectivity index (χ1v) is 7.27. The molecule has 0 aromatic rings. The van der Waals surface area contributed by atoms with Crippen LogP contribution in [-0.2, 0) is 0 Å². The van der Waals surface area contributed by atoms with Gasteiger partial charge in [0.2, 0.25) is 0 Å². The zero-order valence-corrected chi connectivity index (χ0v) is 12.2. The fourth-order valence-electron chi connectivity index (χ4n) is 2.09. The van der Waals surface area contributed by atoms with E-state index < -0.39 is 0 Å². The van der Waals surface area contributed by atoms with E-state index in [2.05, 4.69) is 39.9 Å². The molecule has 0 aliphatic rings. The smallest absolute Gasteiger partial charge is 0.000761 e. The Bertz CT molecular complexity index is 154. The molecule has 1 unspecified atom stereocenters. The van der Waals surface area contributed by atoms with Gasteiger partial charge in [0.05, 0.1) is 0 Å². The van der Waals surface area contributed by atoms with E-state index in [0.29, 0.717) is 5.41 Å².